The maximum atomic E-state index is 8.74. The van der Waals surface area contributed by atoms with E-state index in [0.29, 0.717) is 17.3 Å². The van der Waals surface area contributed by atoms with Gasteiger partial charge in [-0.05, 0) is 35.9 Å². The molecular weight excluding hydrogens is 290 g/mol. The molecule has 1 aromatic heterocycles. The second-order valence-corrected chi connectivity index (χ2v) is 5.03. The van der Waals surface area contributed by atoms with Crippen molar-refractivity contribution < 1.29 is 14.7 Å². The zero-order valence-electron chi connectivity index (χ0n) is 11.0. The third-order valence-corrected chi connectivity index (χ3v) is 3.34. The predicted molar refractivity (Wildman–Crippen MR) is 81.1 cm³/mol. The van der Waals surface area contributed by atoms with Crippen molar-refractivity contribution in [2.45, 2.75) is 6.54 Å². The molecule has 0 spiro atoms. The molecule has 0 saturated carbocycles. The van der Waals surface area contributed by atoms with E-state index in [1.54, 1.807) is 18.5 Å². The summed E-state index contributed by atoms with van der Waals surface area (Å²) in [6, 6.07) is 12.6. The quantitative estimate of drug-likeness (QED) is 0.724. The molecule has 0 aliphatic rings. The van der Waals surface area contributed by atoms with Gasteiger partial charge >= 0.3 is 7.32 Å². The normalized spacial score (nSPS) is 10.8. The average molecular weight is 303 g/mol. The number of halogens is 1. The molecule has 21 heavy (non-hydrogen) atoms. The summed E-state index contributed by atoms with van der Waals surface area (Å²) in [4.78, 5) is 4.33. The van der Waals surface area contributed by atoms with E-state index in [2.05, 4.69) is 4.98 Å². The molecular formula is C14H12BClN2O3. The molecule has 5 nitrogen and oxygen atoms in total. The van der Waals surface area contributed by atoms with Crippen molar-refractivity contribution in [3.8, 4) is 5.75 Å². The van der Waals surface area contributed by atoms with Crippen LogP contribution in [0.3, 0.4) is 0 Å². The predicted octanol–water partition coefficient (Wildman–Crippen LogP) is 2.09. The van der Waals surface area contributed by atoms with Gasteiger partial charge in [-0.15, -0.1) is 0 Å². The molecule has 0 aliphatic carbocycles. The van der Waals surface area contributed by atoms with Crippen LogP contribution in [0.2, 0.25) is 5.02 Å². The van der Waals surface area contributed by atoms with E-state index < -0.39 is 7.32 Å². The van der Waals surface area contributed by atoms with E-state index in [1.165, 1.54) is 0 Å². The molecule has 1 heterocycles. The molecule has 2 aromatic carbocycles. The van der Waals surface area contributed by atoms with Crippen LogP contribution >= 0.6 is 11.6 Å². The van der Waals surface area contributed by atoms with E-state index in [0.717, 1.165) is 16.6 Å². The van der Waals surface area contributed by atoms with Crippen molar-refractivity contribution in [2.24, 2.45) is 0 Å². The summed E-state index contributed by atoms with van der Waals surface area (Å²) in [5, 5.41) is 18.1. The van der Waals surface area contributed by atoms with Crippen molar-refractivity contribution >= 4 is 30.0 Å². The molecule has 0 amide bonds. The maximum absolute atomic E-state index is 8.74. The van der Waals surface area contributed by atoms with Crippen molar-refractivity contribution in [1.82, 2.24) is 9.55 Å². The van der Waals surface area contributed by atoms with E-state index in [1.807, 2.05) is 34.9 Å². The summed E-state index contributed by atoms with van der Waals surface area (Å²) in [7, 11) is -1.81. The van der Waals surface area contributed by atoms with Gasteiger partial charge in [0.05, 0.1) is 17.4 Å². The van der Waals surface area contributed by atoms with Crippen LogP contribution in [0.4, 0.5) is 0 Å². The Kier molecular flexibility index (Phi) is 3.83. The van der Waals surface area contributed by atoms with Gasteiger partial charge in [0.1, 0.15) is 5.75 Å². The van der Waals surface area contributed by atoms with Crippen LogP contribution in [-0.4, -0.2) is 26.9 Å². The van der Waals surface area contributed by atoms with Crippen LogP contribution in [0.5, 0.6) is 5.75 Å². The molecule has 0 fully saturated rings. The van der Waals surface area contributed by atoms with Gasteiger partial charge in [0.2, 0.25) is 0 Å². The van der Waals surface area contributed by atoms with Crippen LogP contribution in [0.25, 0.3) is 11.0 Å². The van der Waals surface area contributed by atoms with Gasteiger partial charge in [-0.25, -0.2) is 4.98 Å². The molecule has 2 N–H and O–H groups in total. The molecule has 106 valence electrons. The highest BCUT2D eigenvalue weighted by Crippen LogP contribution is 2.20. The van der Waals surface area contributed by atoms with E-state index in [-0.39, 0.29) is 0 Å². The second kappa shape index (κ2) is 5.77. The monoisotopic (exact) mass is 302 g/mol. The number of nitrogens with zero attached hydrogens (tertiary/aromatic N) is 2. The van der Waals surface area contributed by atoms with Gasteiger partial charge in [-0.1, -0.05) is 23.7 Å². The van der Waals surface area contributed by atoms with Crippen LogP contribution in [0, 0.1) is 0 Å². The van der Waals surface area contributed by atoms with Gasteiger partial charge in [-0.3, -0.25) is 0 Å². The number of fused-ring (bicyclic) bond motifs is 1. The summed E-state index contributed by atoms with van der Waals surface area (Å²) in [6.07, 6.45) is 1.77. The fourth-order valence-corrected chi connectivity index (χ4v) is 2.31. The summed E-state index contributed by atoms with van der Waals surface area (Å²) in [5.41, 5.74) is 2.89. The zero-order valence-corrected chi connectivity index (χ0v) is 11.7. The van der Waals surface area contributed by atoms with E-state index in [4.69, 9.17) is 26.3 Å². The number of hydrogen-bond donors (Lipinski definition) is 2. The molecule has 3 rings (SSSR count). The van der Waals surface area contributed by atoms with Crippen LogP contribution < -0.4 is 4.65 Å². The fourth-order valence-electron chi connectivity index (χ4n) is 2.15. The summed E-state index contributed by atoms with van der Waals surface area (Å²) < 4.78 is 6.76. The molecule has 0 radical (unpaired) electrons. The first-order chi connectivity index (χ1) is 10.1. The molecule has 0 bridgehead atoms. The lowest BCUT2D eigenvalue weighted by atomic mass is 10.2. The Bertz CT molecular complexity index is 759. The second-order valence-electron chi connectivity index (χ2n) is 4.59. The minimum atomic E-state index is -1.81. The van der Waals surface area contributed by atoms with Gasteiger partial charge < -0.3 is 19.3 Å². The minimum Gasteiger partial charge on any atom is -0.512 e. The Morgan fingerprint density at radius 1 is 1.14 bits per heavy atom. The number of imidazole rings is 1. The molecule has 0 unspecified atom stereocenters. The highest BCUT2D eigenvalue weighted by Gasteiger charge is 2.10. The van der Waals surface area contributed by atoms with Crippen LogP contribution in [0.1, 0.15) is 5.56 Å². The van der Waals surface area contributed by atoms with Crippen LogP contribution in [0.15, 0.2) is 48.8 Å². The lowest BCUT2D eigenvalue weighted by Crippen LogP contribution is -2.20. The molecule has 0 atom stereocenters. The Morgan fingerprint density at radius 2 is 1.90 bits per heavy atom. The summed E-state index contributed by atoms with van der Waals surface area (Å²) in [6.45, 7) is 0.638. The first kappa shape index (κ1) is 13.9. The first-order valence-corrected chi connectivity index (χ1v) is 6.72. The average Bonchev–Trinajstić information content (AvgIpc) is 2.83. The lowest BCUT2D eigenvalue weighted by Gasteiger charge is -2.07. The van der Waals surface area contributed by atoms with E-state index in [9.17, 15) is 0 Å². The highest BCUT2D eigenvalue weighted by molar-refractivity contribution is 6.33. The van der Waals surface area contributed by atoms with Crippen molar-refractivity contribution in [3.05, 3.63) is 59.4 Å². The lowest BCUT2D eigenvalue weighted by molar-refractivity contribution is 0.288. The number of rotatable bonds is 4. The van der Waals surface area contributed by atoms with Gasteiger partial charge in [0.25, 0.3) is 0 Å². The third kappa shape index (κ3) is 3.18. The maximum Gasteiger partial charge on any atom is 0.707 e. The number of hydrogen-bond acceptors (Lipinski definition) is 4. The zero-order chi connectivity index (χ0) is 14.8. The first-order valence-electron chi connectivity index (χ1n) is 6.34. The van der Waals surface area contributed by atoms with Crippen molar-refractivity contribution in [1.29, 1.82) is 0 Å². The largest absolute Gasteiger partial charge is 0.707 e. The minimum absolute atomic E-state index is 0.396. The molecule has 7 heteroatoms. The van der Waals surface area contributed by atoms with E-state index >= 15 is 0 Å². The SMILES string of the molecule is OB(O)Oc1ccc(Cn2cnc3ccc(Cl)cc32)cc1. The Labute approximate surface area is 126 Å². The van der Waals surface area contributed by atoms with Gasteiger partial charge in [-0.2, -0.15) is 0 Å². The van der Waals surface area contributed by atoms with Gasteiger partial charge in [0.15, 0.2) is 0 Å². The summed E-state index contributed by atoms with van der Waals surface area (Å²) in [5.74, 6) is 0.396. The standard InChI is InChI=1S/C14H12BClN2O3/c16-11-3-6-13-14(7-11)18(9-17-13)8-10-1-4-12(5-2-10)21-15(19)20/h1-7,9,19-20H,8H2. The molecule has 3 aromatic rings. The molecule has 0 saturated heterocycles. The fraction of sp³-hybridized carbons (Fsp3) is 0.0714. The summed E-state index contributed by atoms with van der Waals surface area (Å²) >= 11 is 6.01. The van der Waals surface area contributed by atoms with Gasteiger partial charge in [0, 0.05) is 11.6 Å². The highest BCUT2D eigenvalue weighted by atomic mass is 35.5. The number of benzene rings is 2. The topological polar surface area (TPSA) is 67.5 Å². The van der Waals surface area contributed by atoms with Crippen molar-refractivity contribution in [2.75, 3.05) is 0 Å². The Morgan fingerprint density at radius 3 is 2.62 bits per heavy atom. The molecule has 0 aliphatic heterocycles. The Balaban J connectivity index is 1.83. The Hall–Kier alpha value is -2.02. The number of aromatic nitrogens is 2. The van der Waals surface area contributed by atoms with Crippen LogP contribution in [-0.2, 0) is 6.54 Å². The van der Waals surface area contributed by atoms with Crippen molar-refractivity contribution in [3.63, 3.8) is 0 Å². The smallest absolute Gasteiger partial charge is 0.512 e. The third-order valence-electron chi connectivity index (χ3n) is 3.10.